The van der Waals surface area contributed by atoms with Gasteiger partial charge in [0.05, 0.1) is 6.54 Å². The normalized spacial score (nSPS) is 10.3. The molecule has 0 saturated heterocycles. The van der Waals surface area contributed by atoms with Gasteiger partial charge in [-0.05, 0) is 23.8 Å². The Morgan fingerprint density at radius 1 is 1.00 bits per heavy atom. The second-order valence-corrected chi connectivity index (χ2v) is 4.31. The summed E-state index contributed by atoms with van der Waals surface area (Å²) in [7, 11) is 0. The molecular formula is C12H12BrN3. The highest BCUT2D eigenvalue weighted by Crippen LogP contribution is 2.10. The summed E-state index contributed by atoms with van der Waals surface area (Å²) in [5.41, 5.74) is 1.25. The average molecular weight is 278 g/mol. The molecule has 1 N–H and O–H groups in total. The van der Waals surface area contributed by atoms with E-state index < -0.39 is 0 Å². The molecule has 0 atom stereocenters. The van der Waals surface area contributed by atoms with Crippen molar-refractivity contribution in [1.29, 1.82) is 0 Å². The second-order valence-electron chi connectivity index (χ2n) is 3.40. The number of rotatable bonds is 4. The van der Waals surface area contributed by atoms with E-state index >= 15 is 0 Å². The van der Waals surface area contributed by atoms with Crippen molar-refractivity contribution < 1.29 is 0 Å². The Morgan fingerprint density at radius 2 is 1.69 bits per heavy atom. The van der Waals surface area contributed by atoms with E-state index in [0.717, 1.165) is 16.8 Å². The molecule has 16 heavy (non-hydrogen) atoms. The van der Waals surface area contributed by atoms with E-state index in [0.29, 0.717) is 6.54 Å². The van der Waals surface area contributed by atoms with Gasteiger partial charge < -0.3 is 5.32 Å². The predicted molar refractivity (Wildman–Crippen MR) is 66.7 cm³/mol. The number of halogens is 1. The van der Waals surface area contributed by atoms with E-state index in [1.54, 1.807) is 12.4 Å². The molecule has 0 amide bonds. The number of benzene rings is 1. The molecule has 2 rings (SSSR count). The molecule has 0 unspecified atom stereocenters. The van der Waals surface area contributed by atoms with Crippen molar-refractivity contribution in [1.82, 2.24) is 15.3 Å². The van der Waals surface area contributed by atoms with Crippen molar-refractivity contribution in [3.63, 3.8) is 0 Å². The van der Waals surface area contributed by atoms with E-state index in [4.69, 9.17) is 0 Å². The van der Waals surface area contributed by atoms with Gasteiger partial charge in [0.25, 0.3) is 0 Å². The first-order valence-corrected chi connectivity index (χ1v) is 5.85. The highest BCUT2D eigenvalue weighted by Gasteiger charge is 1.95. The fourth-order valence-electron chi connectivity index (χ4n) is 1.34. The van der Waals surface area contributed by atoms with Crippen molar-refractivity contribution >= 4 is 15.9 Å². The molecule has 0 bridgehead atoms. The maximum atomic E-state index is 4.14. The van der Waals surface area contributed by atoms with E-state index in [-0.39, 0.29) is 0 Å². The van der Waals surface area contributed by atoms with Crippen LogP contribution in [0.2, 0.25) is 0 Å². The van der Waals surface area contributed by atoms with Crippen LogP contribution in [0, 0.1) is 0 Å². The quantitative estimate of drug-likeness (QED) is 0.933. The van der Waals surface area contributed by atoms with Crippen LogP contribution in [0.15, 0.2) is 47.2 Å². The lowest BCUT2D eigenvalue weighted by Crippen LogP contribution is -2.14. The minimum Gasteiger partial charge on any atom is -0.306 e. The van der Waals surface area contributed by atoms with Gasteiger partial charge in [0, 0.05) is 23.4 Å². The third kappa shape index (κ3) is 3.40. The molecular weight excluding hydrogens is 266 g/mol. The van der Waals surface area contributed by atoms with Crippen LogP contribution in [0.3, 0.4) is 0 Å². The number of hydrogen-bond donors (Lipinski definition) is 1. The first-order valence-electron chi connectivity index (χ1n) is 5.05. The van der Waals surface area contributed by atoms with Crippen LogP contribution < -0.4 is 5.32 Å². The Balaban J connectivity index is 1.82. The summed E-state index contributed by atoms with van der Waals surface area (Å²) in [4.78, 5) is 8.29. The van der Waals surface area contributed by atoms with Crippen molar-refractivity contribution in [3.05, 3.63) is 58.6 Å². The van der Waals surface area contributed by atoms with Crippen LogP contribution in [-0.2, 0) is 13.1 Å². The number of hydrogen-bond acceptors (Lipinski definition) is 3. The molecule has 1 aromatic carbocycles. The summed E-state index contributed by atoms with van der Waals surface area (Å²) in [6.07, 6.45) is 3.51. The predicted octanol–water partition coefficient (Wildman–Crippen LogP) is 2.53. The fourth-order valence-corrected chi connectivity index (χ4v) is 1.61. The molecule has 82 valence electrons. The van der Waals surface area contributed by atoms with Gasteiger partial charge in [0.15, 0.2) is 0 Å². The monoisotopic (exact) mass is 277 g/mol. The third-order valence-electron chi connectivity index (χ3n) is 2.14. The van der Waals surface area contributed by atoms with Gasteiger partial charge in [0.2, 0.25) is 0 Å². The molecule has 1 aromatic heterocycles. The maximum Gasteiger partial charge on any atom is 0.141 e. The second kappa shape index (κ2) is 5.72. The standard InChI is InChI=1S/C12H12BrN3/c13-11-4-2-10(3-5-11)8-14-9-12-15-6-1-7-16-12/h1-7,14H,8-9H2. The third-order valence-corrected chi connectivity index (χ3v) is 2.67. The van der Waals surface area contributed by atoms with Gasteiger partial charge in [0.1, 0.15) is 5.82 Å². The summed E-state index contributed by atoms with van der Waals surface area (Å²) >= 11 is 3.41. The van der Waals surface area contributed by atoms with Gasteiger partial charge in [-0.15, -0.1) is 0 Å². The smallest absolute Gasteiger partial charge is 0.141 e. The Morgan fingerprint density at radius 3 is 2.38 bits per heavy atom. The van der Waals surface area contributed by atoms with Gasteiger partial charge >= 0.3 is 0 Å². The van der Waals surface area contributed by atoms with Crippen LogP contribution in [0.25, 0.3) is 0 Å². The summed E-state index contributed by atoms with van der Waals surface area (Å²) in [6.45, 7) is 1.52. The molecule has 3 nitrogen and oxygen atoms in total. The minimum absolute atomic E-state index is 0.691. The summed E-state index contributed by atoms with van der Waals surface area (Å²) in [5, 5.41) is 3.30. The van der Waals surface area contributed by atoms with Crippen LogP contribution in [0.1, 0.15) is 11.4 Å². The van der Waals surface area contributed by atoms with Crippen LogP contribution in [0.5, 0.6) is 0 Å². The summed E-state index contributed by atoms with van der Waals surface area (Å²) in [6, 6.07) is 10.1. The fraction of sp³-hybridized carbons (Fsp3) is 0.167. The van der Waals surface area contributed by atoms with Crippen molar-refractivity contribution in [3.8, 4) is 0 Å². The first kappa shape index (κ1) is 11.2. The molecule has 0 fully saturated rings. The van der Waals surface area contributed by atoms with Crippen LogP contribution in [0.4, 0.5) is 0 Å². The largest absolute Gasteiger partial charge is 0.306 e. The Bertz CT molecular complexity index is 428. The van der Waals surface area contributed by atoms with Crippen LogP contribution in [-0.4, -0.2) is 9.97 Å². The zero-order chi connectivity index (χ0) is 11.2. The van der Waals surface area contributed by atoms with Gasteiger partial charge in [-0.3, -0.25) is 0 Å². The molecule has 0 saturated carbocycles. The zero-order valence-corrected chi connectivity index (χ0v) is 10.3. The van der Waals surface area contributed by atoms with Gasteiger partial charge in [-0.1, -0.05) is 28.1 Å². The van der Waals surface area contributed by atoms with Gasteiger partial charge in [-0.25, -0.2) is 9.97 Å². The van der Waals surface area contributed by atoms with E-state index in [1.165, 1.54) is 5.56 Å². The molecule has 0 aliphatic rings. The van der Waals surface area contributed by atoms with Crippen molar-refractivity contribution in [2.24, 2.45) is 0 Å². The lowest BCUT2D eigenvalue weighted by Gasteiger charge is -2.03. The highest BCUT2D eigenvalue weighted by atomic mass is 79.9. The maximum absolute atomic E-state index is 4.14. The minimum atomic E-state index is 0.691. The van der Waals surface area contributed by atoms with E-state index in [1.807, 2.05) is 18.2 Å². The summed E-state index contributed by atoms with van der Waals surface area (Å²) < 4.78 is 1.10. The molecule has 4 heteroatoms. The number of aromatic nitrogens is 2. The van der Waals surface area contributed by atoms with Crippen LogP contribution >= 0.6 is 15.9 Å². The van der Waals surface area contributed by atoms with Crippen molar-refractivity contribution in [2.45, 2.75) is 13.1 Å². The Hall–Kier alpha value is -1.26. The molecule has 1 heterocycles. The molecule has 2 aromatic rings. The Kier molecular flexibility index (Phi) is 4.02. The molecule has 0 aliphatic carbocycles. The lowest BCUT2D eigenvalue weighted by atomic mass is 10.2. The molecule has 0 aliphatic heterocycles. The first-order chi connectivity index (χ1) is 7.84. The number of nitrogens with zero attached hydrogens (tertiary/aromatic N) is 2. The lowest BCUT2D eigenvalue weighted by molar-refractivity contribution is 0.662. The topological polar surface area (TPSA) is 37.8 Å². The molecule has 0 spiro atoms. The van der Waals surface area contributed by atoms with E-state index in [2.05, 4.69) is 43.3 Å². The average Bonchev–Trinajstić information content (AvgIpc) is 2.33. The molecule has 0 radical (unpaired) electrons. The summed E-state index contributed by atoms with van der Waals surface area (Å²) in [5.74, 6) is 0.819. The number of nitrogens with one attached hydrogen (secondary N) is 1. The van der Waals surface area contributed by atoms with Crippen molar-refractivity contribution in [2.75, 3.05) is 0 Å². The van der Waals surface area contributed by atoms with Gasteiger partial charge in [-0.2, -0.15) is 0 Å². The zero-order valence-electron chi connectivity index (χ0n) is 8.73. The SMILES string of the molecule is Brc1ccc(CNCc2ncccn2)cc1. The van der Waals surface area contributed by atoms with E-state index in [9.17, 15) is 0 Å². The Labute approximate surface area is 103 Å². The highest BCUT2D eigenvalue weighted by molar-refractivity contribution is 9.10.